The van der Waals surface area contributed by atoms with E-state index in [1.54, 1.807) is 6.20 Å². The minimum Gasteiger partial charge on any atom is -0.366 e. The van der Waals surface area contributed by atoms with Gasteiger partial charge in [0, 0.05) is 30.5 Å². The van der Waals surface area contributed by atoms with Gasteiger partial charge in [0.15, 0.2) is 5.82 Å². The zero-order valence-corrected chi connectivity index (χ0v) is 13.6. The number of pyridine rings is 1. The van der Waals surface area contributed by atoms with Crippen LogP contribution in [0.1, 0.15) is 23.4 Å². The number of nitrogens with one attached hydrogen (secondary N) is 1. The Labute approximate surface area is 138 Å². The number of morpholine rings is 1. The summed E-state index contributed by atoms with van der Waals surface area (Å²) in [5.41, 5.74) is 2.79. The number of rotatable bonds is 3. The quantitative estimate of drug-likeness (QED) is 0.781. The SMILES string of the molecule is Cc1cc(C)n(-c2ccc(-c3noc([C@H]4CNCCO4)n3)cn2)n1. The predicted molar refractivity (Wildman–Crippen MR) is 85.7 cm³/mol. The van der Waals surface area contributed by atoms with Gasteiger partial charge in [0.1, 0.15) is 6.10 Å². The van der Waals surface area contributed by atoms with Crippen LogP contribution in [0.3, 0.4) is 0 Å². The van der Waals surface area contributed by atoms with Gasteiger partial charge >= 0.3 is 0 Å². The monoisotopic (exact) mass is 326 g/mol. The van der Waals surface area contributed by atoms with Crippen LogP contribution in [0.2, 0.25) is 0 Å². The van der Waals surface area contributed by atoms with Gasteiger partial charge in [-0.15, -0.1) is 0 Å². The number of hydrogen-bond donors (Lipinski definition) is 1. The average molecular weight is 326 g/mol. The highest BCUT2D eigenvalue weighted by molar-refractivity contribution is 5.53. The molecule has 0 bridgehead atoms. The maximum Gasteiger partial charge on any atom is 0.257 e. The minimum absolute atomic E-state index is 0.193. The first kappa shape index (κ1) is 15.0. The molecule has 0 saturated carbocycles. The Bertz CT molecular complexity index is 833. The fraction of sp³-hybridized carbons (Fsp3) is 0.375. The first-order chi connectivity index (χ1) is 11.7. The van der Waals surface area contributed by atoms with Crippen molar-refractivity contribution >= 4 is 0 Å². The third-order valence-electron chi connectivity index (χ3n) is 3.88. The number of aromatic nitrogens is 5. The van der Waals surface area contributed by atoms with Gasteiger partial charge in [0.05, 0.1) is 12.3 Å². The zero-order valence-electron chi connectivity index (χ0n) is 13.6. The highest BCUT2D eigenvalue weighted by Gasteiger charge is 2.22. The van der Waals surface area contributed by atoms with E-state index in [4.69, 9.17) is 9.26 Å². The summed E-state index contributed by atoms with van der Waals surface area (Å²) in [6.07, 6.45) is 1.53. The molecule has 8 heteroatoms. The van der Waals surface area contributed by atoms with Gasteiger partial charge in [-0.2, -0.15) is 10.1 Å². The molecule has 1 N–H and O–H groups in total. The van der Waals surface area contributed by atoms with Crippen LogP contribution in [0.25, 0.3) is 17.2 Å². The molecule has 24 heavy (non-hydrogen) atoms. The van der Waals surface area contributed by atoms with Crippen molar-refractivity contribution < 1.29 is 9.26 Å². The van der Waals surface area contributed by atoms with E-state index in [0.29, 0.717) is 24.9 Å². The van der Waals surface area contributed by atoms with E-state index in [0.717, 1.165) is 29.3 Å². The van der Waals surface area contributed by atoms with Gasteiger partial charge in [-0.1, -0.05) is 5.16 Å². The fourth-order valence-corrected chi connectivity index (χ4v) is 2.71. The Kier molecular flexibility index (Phi) is 3.83. The number of nitrogens with zero attached hydrogens (tertiary/aromatic N) is 5. The normalized spacial score (nSPS) is 18.0. The molecular formula is C16H18N6O2. The van der Waals surface area contributed by atoms with Crippen LogP contribution in [0.4, 0.5) is 0 Å². The molecule has 124 valence electrons. The Morgan fingerprint density at radius 3 is 2.88 bits per heavy atom. The summed E-state index contributed by atoms with van der Waals surface area (Å²) in [6, 6.07) is 5.82. The van der Waals surface area contributed by atoms with Gasteiger partial charge in [-0.25, -0.2) is 9.67 Å². The van der Waals surface area contributed by atoms with Gasteiger partial charge in [-0.3, -0.25) is 0 Å². The largest absolute Gasteiger partial charge is 0.366 e. The summed E-state index contributed by atoms with van der Waals surface area (Å²) in [6.45, 7) is 6.12. The molecule has 3 aromatic rings. The maximum atomic E-state index is 5.62. The second kappa shape index (κ2) is 6.14. The van der Waals surface area contributed by atoms with E-state index >= 15 is 0 Å². The molecular weight excluding hydrogens is 308 g/mol. The Hall–Kier alpha value is -2.58. The van der Waals surface area contributed by atoms with Crippen LogP contribution < -0.4 is 5.32 Å². The fourth-order valence-electron chi connectivity index (χ4n) is 2.71. The first-order valence-corrected chi connectivity index (χ1v) is 7.87. The highest BCUT2D eigenvalue weighted by atomic mass is 16.5. The lowest BCUT2D eigenvalue weighted by molar-refractivity contribution is 0.00755. The van der Waals surface area contributed by atoms with Crippen LogP contribution in [-0.2, 0) is 4.74 Å². The van der Waals surface area contributed by atoms with Crippen LogP contribution in [0.5, 0.6) is 0 Å². The molecule has 4 heterocycles. The molecule has 0 amide bonds. The minimum atomic E-state index is -0.193. The van der Waals surface area contributed by atoms with E-state index in [-0.39, 0.29) is 6.10 Å². The standard InChI is InChI=1S/C16H18N6O2/c1-10-7-11(2)22(20-10)14-4-3-12(8-18-14)15-19-16(24-21-15)13-9-17-5-6-23-13/h3-4,7-8,13,17H,5-6,9H2,1-2H3/t13-/m1/s1. The van der Waals surface area contributed by atoms with Crippen LogP contribution >= 0.6 is 0 Å². The summed E-state index contributed by atoms with van der Waals surface area (Å²) in [5, 5.41) is 11.7. The van der Waals surface area contributed by atoms with Crippen molar-refractivity contribution in [1.29, 1.82) is 0 Å². The van der Waals surface area contributed by atoms with Crippen molar-refractivity contribution in [1.82, 2.24) is 30.2 Å². The van der Waals surface area contributed by atoms with Crippen LogP contribution in [0.15, 0.2) is 28.9 Å². The van der Waals surface area contributed by atoms with Crippen molar-refractivity contribution in [2.75, 3.05) is 19.7 Å². The molecule has 4 rings (SSSR count). The topological polar surface area (TPSA) is 90.9 Å². The molecule has 0 unspecified atom stereocenters. The number of ether oxygens (including phenoxy) is 1. The summed E-state index contributed by atoms with van der Waals surface area (Å²) >= 11 is 0. The van der Waals surface area contributed by atoms with Gasteiger partial charge in [-0.05, 0) is 32.0 Å². The molecule has 0 spiro atoms. The molecule has 1 fully saturated rings. The van der Waals surface area contributed by atoms with Crippen LogP contribution in [-0.4, -0.2) is 44.6 Å². The van der Waals surface area contributed by atoms with Crippen molar-refractivity contribution in [3.8, 4) is 17.2 Å². The third-order valence-corrected chi connectivity index (χ3v) is 3.88. The van der Waals surface area contributed by atoms with Gasteiger partial charge in [0.2, 0.25) is 5.82 Å². The zero-order chi connectivity index (χ0) is 16.5. The molecule has 1 aliphatic rings. The Balaban J connectivity index is 1.57. The second-order valence-corrected chi connectivity index (χ2v) is 5.76. The lowest BCUT2D eigenvalue weighted by Gasteiger charge is -2.19. The number of hydrogen-bond acceptors (Lipinski definition) is 7. The third kappa shape index (κ3) is 2.81. The molecule has 0 radical (unpaired) electrons. The molecule has 0 aliphatic carbocycles. The molecule has 8 nitrogen and oxygen atoms in total. The van der Waals surface area contributed by atoms with E-state index in [2.05, 4.69) is 25.5 Å². The predicted octanol–water partition coefficient (Wildman–Crippen LogP) is 1.60. The van der Waals surface area contributed by atoms with Crippen LogP contribution in [0, 0.1) is 13.8 Å². The maximum absolute atomic E-state index is 5.62. The van der Waals surface area contributed by atoms with Crippen molar-refractivity contribution in [3.63, 3.8) is 0 Å². The summed E-state index contributed by atoms with van der Waals surface area (Å²) in [5.74, 6) is 1.75. The summed E-state index contributed by atoms with van der Waals surface area (Å²) in [7, 11) is 0. The number of aryl methyl sites for hydroxylation is 2. The Morgan fingerprint density at radius 2 is 2.21 bits per heavy atom. The van der Waals surface area contributed by atoms with Crippen molar-refractivity contribution in [2.24, 2.45) is 0 Å². The second-order valence-electron chi connectivity index (χ2n) is 5.76. The van der Waals surface area contributed by atoms with E-state index in [9.17, 15) is 0 Å². The van der Waals surface area contributed by atoms with Gasteiger partial charge < -0.3 is 14.6 Å². The lowest BCUT2D eigenvalue weighted by atomic mass is 10.2. The smallest absolute Gasteiger partial charge is 0.257 e. The van der Waals surface area contributed by atoms with E-state index < -0.39 is 0 Å². The van der Waals surface area contributed by atoms with Gasteiger partial charge in [0.25, 0.3) is 5.89 Å². The summed E-state index contributed by atoms with van der Waals surface area (Å²) < 4.78 is 12.8. The molecule has 0 aromatic carbocycles. The first-order valence-electron chi connectivity index (χ1n) is 7.87. The highest BCUT2D eigenvalue weighted by Crippen LogP contribution is 2.22. The van der Waals surface area contributed by atoms with Crippen molar-refractivity contribution in [2.45, 2.75) is 20.0 Å². The van der Waals surface area contributed by atoms with E-state index in [1.165, 1.54) is 0 Å². The molecule has 1 atom stereocenters. The lowest BCUT2D eigenvalue weighted by Crippen LogP contribution is -2.33. The average Bonchev–Trinajstić information content (AvgIpc) is 3.22. The molecule has 3 aromatic heterocycles. The van der Waals surface area contributed by atoms with E-state index in [1.807, 2.05) is 36.7 Å². The van der Waals surface area contributed by atoms with Crippen molar-refractivity contribution in [3.05, 3.63) is 41.7 Å². The summed E-state index contributed by atoms with van der Waals surface area (Å²) in [4.78, 5) is 8.88. The molecule has 1 aliphatic heterocycles. The Morgan fingerprint density at radius 1 is 1.29 bits per heavy atom. The molecule has 1 saturated heterocycles.